The summed E-state index contributed by atoms with van der Waals surface area (Å²) < 4.78 is 0. The number of aromatic nitrogens is 1. The van der Waals surface area contributed by atoms with Gasteiger partial charge in [0.05, 0.1) is 6.10 Å². The molecule has 1 heterocycles. The number of aryl methyl sites for hydroxylation is 2. The molecule has 1 aliphatic rings. The molecule has 126 valence electrons. The van der Waals surface area contributed by atoms with Crippen LogP contribution in [0.25, 0.3) is 0 Å². The Morgan fingerprint density at radius 1 is 1.21 bits per heavy atom. The van der Waals surface area contributed by atoms with E-state index in [9.17, 15) is 14.7 Å². The van der Waals surface area contributed by atoms with E-state index in [0.717, 1.165) is 42.5 Å². The minimum Gasteiger partial charge on any atom is -0.391 e. The fourth-order valence-electron chi connectivity index (χ4n) is 3.11. The Kier molecular flexibility index (Phi) is 5.11. The molecule has 0 bridgehead atoms. The summed E-state index contributed by atoms with van der Waals surface area (Å²) in [5.74, 6) is -0.434. The number of aliphatic hydroxyl groups is 1. The molecule has 5 nitrogen and oxygen atoms in total. The zero-order valence-electron chi connectivity index (χ0n) is 13.5. The molecule has 1 aliphatic carbocycles. The van der Waals surface area contributed by atoms with Crippen molar-refractivity contribution in [3.05, 3.63) is 69.1 Å². The van der Waals surface area contributed by atoms with E-state index < -0.39 is 12.0 Å². The SMILES string of the molecule is O=C(NCC(O)Cc1ccccc1)c1cc2c([nH]c1=O)CCCC2. The van der Waals surface area contributed by atoms with Crippen molar-refractivity contribution in [3.8, 4) is 0 Å². The highest BCUT2D eigenvalue weighted by Crippen LogP contribution is 2.18. The first-order valence-electron chi connectivity index (χ1n) is 8.39. The van der Waals surface area contributed by atoms with Crippen molar-refractivity contribution in [2.45, 2.75) is 38.2 Å². The van der Waals surface area contributed by atoms with Crippen molar-refractivity contribution in [2.24, 2.45) is 0 Å². The molecule has 0 saturated heterocycles. The van der Waals surface area contributed by atoms with Gasteiger partial charge < -0.3 is 15.4 Å². The molecule has 1 atom stereocenters. The minimum absolute atomic E-state index is 0.115. The Morgan fingerprint density at radius 3 is 2.75 bits per heavy atom. The van der Waals surface area contributed by atoms with Crippen molar-refractivity contribution in [3.63, 3.8) is 0 Å². The third kappa shape index (κ3) is 3.92. The quantitative estimate of drug-likeness (QED) is 0.780. The summed E-state index contributed by atoms with van der Waals surface area (Å²) in [5.41, 5.74) is 2.78. The minimum atomic E-state index is -0.687. The summed E-state index contributed by atoms with van der Waals surface area (Å²) in [6.07, 6.45) is 3.68. The van der Waals surface area contributed by atoms with Gasteiger partial charge in [0, 0.05) is 18.7 Å². The van der Waals surface area contributed by atoms with E-state index >= 15 is 0 Å². The normalized spacial score (nSPS) is 14.7. The third-order valence-electron chi connectivity index (χ3n) is 4.40. The topological polar surface area (TPSA) is 82.2 Å². The molecule has 24 heavy (non-hydrogen) atoms. The van der Waals surface area contributed by atoms with Gasteiger partial charge in [0.15, 0.2) is 0 Å². The predicted octanol–water partition coefficient (Wildman–Crippen LogP) is 1.59. The lowest BCUT2D eigenvalue weighted by molar-refractivity contribution is 0.0914. The second kappa shape index (κ2) is 7.45. The second-order valence-electron chi connectivity index (χ2n) is 6.28. The zero-order chi connectivity index (χ0) is 16.9. The van der Waals surface area contributed by atoms with E-state index in [1.165, 1.54) is 0 Å². The number of benzene rings is 1. The van der Waals surface area contributed by atoms with Gasteiger partial charge in [-0.2, -0.15) is 0 Å². The Hall–Kier alpha value is -2.40. The molecule has 0 saturated carbocycles. The average molecular weight is 326 g/mol. The largest absolute Gasteiger partial charge is 0.391 e. The van der Waals surface area contributed by atoms with E-state index in [0.29, 0.717) is 6.42 Å². The molecule has 0 aliphatic heterocycles. The number of amides is 1. The molecule has 1 unspecified atom stereocenters. The Bertz CT molecular complexity index is 768. The fourth-order valence-corrected chi connectivity index (χ4v) is 3.11. The van der Waals surface area contributed by atoms with Crippen molar-refractivity contribution in [1.29, 1.82) is 0 Å². The zero-order valence-corrected chi connectivity index (χ0v) is 13.5. The summed E-state index contributed by atoms with van der Waals surface area (Å²) in [6, 6.07) is 11.3. The fraction of sp³-hybridized carbons (Fsp3) is 0.368. The number of carbonyl (C=O) groups is 1. The van der Waals surface area contributed by atoms with E-state index in [2.05, 4.69) is 10.3 Å². The van der Waals surface area contributed by atoms with Gasteiger partial charge >= 0.3 is 0 Å². The lowest BCUT2D eigenvalue weighted by Gasteiger charge is -2.16. The number of hydrogen-bond donors (Lipinski definition) is 3. The summed E-state index contributed by atoms with van der Waals surface area (Å²) in [5, 5.41) is 12.7. The van der Waals surface area contributed by atoms with Gasteiger partial charge in [-0.25, -0.2) is 0 Å². The van der Waals surface area contributed by atoms with Crippen LogP contribution in [0.5, 0.6) is 0 Å². The molecule has 1 aromatic carbocycles. The van der Waals surface area contributed by atoms with Crippen LogP contribution in [0.3, 0.4) is 0 Å². The maximum atomic E-state index is 12.3. The van der Waals surface area contributed by atoms with Crippen LogP contribution in [0, 0.1) is 0 Å². The summed E-state index contributed by atoms with van der Waals surface area (Å²) in [4.78, 5) is 27.2. The van der Waals surface area contributed by atoms with Gasteiger partial charge in [0.1, 0.15) is 5.56 Å². The maximum Gasteiger partial charge on any atom is 0.261 e. The number of rotatable bonds is 5. The van der Waals surface area contributed by atoms with Crippen molar-refractivity contribution < 1.29 is 9.90 Å². The molecular weight excluding hydrogens is 304 g/mol. The van der Waals surface area contributed by atoms with Crippen LogP contribution < -0.4 is 10.9 Å². The number of nitrogens with one attached hydrogen (secondary N) is 2. The maximum absolute atomic E-state index is 12.3. The molecule has 1 aromatic heterocycles. The van der Waals surface area contributed by atoms with Crippen molar-refractivity contribution >= 4 is 5.91 Å². The second-order valence-corrected chi connectivity index (χ2v) is 6.28. The smallest absolute Gasteiger partial charge is 0.261 e. The van der Waals surface area contributed by atoms with E-state index in [-0.39, 0.29) is 17.7 Å². The molecule has 3 N–H and O–H groups in total. The summed E-state index contributed by atoms with van der Waals surface area (Å²) >= 11 is 0. The highest BCUT2D eigenvalue weighted by atomic mass is 16.3. The molecule has 5 heteroatoms. The number of H-pyrrole nitrogens is 1. The van der Waals surface area contributed by atoms with Crippen LogP contribution in [0.2, 0.25) is 0 Å². The number of fused-ring (bicyclic) bond motifs is 1. The van der Waals surface area contributed by atoms with Crippen LogP contribution in [0.4, 0.5) is 0 Å². The van der Waals surface area contributed by atoms with Gasteiger partial charge in [0.25, 0.3) is 11.5 Å². The van der Waals surface area contributed by atoms with Crippen LogP contribution in [-0.4, -0.2) is 28.6 Å². The number of pyridine rings is 1. The van der Waals surface area contributed by atoms with Gasteiger partial charge in [-0.15, -0.1) is 0 Å². The third-order valence-corrected chi connectivity index (χ3v) is 4.40. The van der Waals surface area contributed by atoms with Gasteiger partial charge in [0.2, 0.25) is 0 Å². The van der Waals surface area contributed by atoms with E-state index in [1.807, 2.05) is 30.3 Å². The number of aliphatic hydroxyl groups excluding tert-OH is 1. The molecule has 0 fully saturated rings. The van der Waals surface area contributed by atoms with Crippen molar-refractivity contribution in [2.75, 3.05) is 6.54 Å². The monoisotopic (exact) mass is 326 g/mol. The molecule has 3 rings (SSSR count). The van der Waals surface area contributed by atoms with Gasteiger partial charge in [-0.3, -0.25) is 9.59 Å². The summed E-state index contributed by atoms with van der Waals surface area (Å²) in [7, 11) is 0. The molecule has 1 amide bonds. The number of aromatic amines is 1. The standard InChI is InChI=1S/C19H22N2O3/c22-15(10-13-6-2-1-3-7-13)12-20-18(23)16-11-14-8-4-5-9-17(14)21-19(16)24/h1-3,6-7,11,15,22H,4-5,8-10,12H2,(H,20,23)(H,21,24). The lowest BCUT2D eigenvalue weighted by atomic mass is 9.95. The van der Waals surface area contributed by atoms with E-state index in [4.69, 9.17) is 0 Å². The van der Waals surface area contributed by atoms with Gasteiger partial charge in [-0.05, 0) is 42.9 Å². The number of hydrogen-bond acceptors (Lipinski definition) is 3. The lowest BCUT2D eigenvalue weighted by Crippen LogP contribution is -2.36. The van der Waals surface area contributed by atoms with Crippen LogP contribution in [0.1, 0.15) is 40.0 Å². The highest BCUT2D eigenvalue weighted by molar-refractivity contribution is 5.94. The molecule has 0 spiro atoms. The first-order chi connectivity index (χ1) is 11.6. The van der Waals surface area contributed by atoms with Gasteiger partial charge in [-0.1, -0.05) is 30.3 Å². The van der Waals surface area contributed by atoms with Crippen LogP contribution in [-0.2, 0) is 19.3 Å². The Labute approximate surface area is 140 Å². The average Bonchev–Trinajstić information content (AvgIpc) is 2.60. The molecule has 0 radical (unpaired) electrons. The first kappa shape index (κ1) is 16.5. The van der Waals surface area contributed by atoms with E-state index in [1.54, 1.807) is 6.07 Å². The molecule has 2 aromatic rings. The van der Waals surface area contributed by atoms with Crippen molar-refractivity contribution in [1.82, 2.24) is 10.3 Å². The van der Waals surface area contributed by atoms with Crippen LogP contribution >= 0.6 is 0 Å². The summed E-state index contributed by atoms with van der Waals surface area (Å²) in [6.45, 7) is 0.115. The number of carbonyl (C=O) groups excluding carboxylic acids is 1. The highest BCUT2D eigenvalue weighted by Gasteiger charge is 2.17. The Morgan fingerprint density at radius 2 is 1.96 bits per heavy atom. The first-order valence-corrected chi connectivity index (χ1v) is 8.39. The van der Waals surface area contributed by atoms with Crippen LogP contribution in [0.15, 0.2) is 41.2 Å². The molecular formula is C19H22N2O3. The predicted molar refractivity (Wildman–Crippen MR) is 92.2 cm³/mol. The Balaban J connectivity index is 1.62.